The van der Waals surface area contributed by atoms with E-state index < -0.39 is 45.3 Å². The van der Waals surface area contributed by atoms with E-state index in [1.807, 2.05) is 0 Å². The number of alkyl halides is 3. The summed E-state index contributed by atoms with van der Waals surface area (Å²) in [5.41, 5.74) is -2.36. The number of hydrogen-bond acceptors (Lipinski definition) is 5. The molecule has 0 saturated heterocycles. The summed E-state index contributed by atoms with van der Waals surface area (Å²) in [6.07, 6.45) is -4.28. The van der Waals surface area contributed by atoms with E-state index in [0.29, 0.717) is 0 Å². The number of carbonyl (C=O) groups is 1. The molecule has 1 aromatic heterocycles. The number of hydrogen-bond donors (Lipinski definition) is 2. The van der Waals surface area contributed by atoms with E-state index in [1.165, 1.54) is 13.2 Å². The van der Waals surface area contributed by atoms with Gasteiger partial charge in [-0.2, -0.15) is 18.3 Å². The van der Waals surface area contributed by atoms with Crippen molar-refractivity contribution in [2.75, 3.05) is 7.11 Å². The van der Waals surface area contributed by atoms with Gasteiger partial charge in [0.1, 0.15) is 0 Å². The van der Waals surface area contributed by atoms with Crippen LogP contribution in [0.15, 0.2) is 53.6 Å². The molecule has 1 atom stereocenters. The summed E-state index contributed by atoms with van der Waals surface area (Å²) in [6.45, 7) is 0. The Morgan fingerprint density at radius 2 is 1.81 bits per heavy atom. The van der Waals surface area contributed by atoms with Crippen molar-refractivity contribution in [2.24, 2.45) is 5.14 Å². The number of methoxy groups -OCH3 is 1. The predicted molar refractivity (Wildman–Crippen MR) is 103 cm³/mol. The first-order valence-electron chi connectivity index (χ1n) is 8.68. The molecule has 0 amide bonds. The third kappa shape index (κ3) is 4.43. The van der Waals surface area contributed by atoms with Crippen molar-refractivity contribution in [3.8, 4) is 16.9 Å². The number of carboxylic acids is 1. The minimum Gasteiger partial charge on any atom is -0.494 e. The number of ether oxygens (including phenoxy) is 1. The molecule has 3 N–H and O–H groups in total. The number of primary sulfonamides is 1. The lowest BCUT2D eigenvalue weighted by Gasteiger charge is -2.19. The highest BCUT2D eigenvalue weighted by molar-refractivity contribution is 7.89. The number of nitrogens with two attached hydrogens (primary N) is 1. The number of aromatic nitrogens is 2. The van der Waals surface area contributed by atoms with Gasteiger partial charge >= 0.3 is 12.1 Å². The van der Waals surface area contributed by atoms with Crippen LogP contribution in [0.5, 0.6) is 5.75 Å². The zero-order valence-corrected chi connectivity index (χ0v) is 17.0. The molecule has 0 saturated carbocycles. The number of benzene rings is 2. The predicted octanol–water partition coefficient (Wildman–Crippen LogP) is 3.04. The minimum atomic E-state index is -5.06. The van der Waals surface area contributed by atoms with Crippen LogP contribution in [0.1, 0.15) is 17.3 Å². The lowest BCUT2D eigenvalue weighted by molar-refractivity contribution is -0.148. The molecule has 0 fully saturated rings. The number of aliphatic carboxylic acids is 1. The summed E-state index contributed by atoms with van der Waals surface area (Å²) in [7, 11) is -2.91. The Balaban J connectivity index is 2.19. The minimum absolute atomic E-state index is 0.187. The normalized spacial score (nSPS) is 13.1. The van der Waals surface area contributed by atoms with Crippen molar-refractivity contribution in [1.29, 1.82) is 0 Å². The maximum Gasteiger partial charge on any atom is 0.433 e. The van der Waals surface area contributed by atoms with Crippen molar-refractivity contribution in [2.45, 2.75) is 17.1 Å². The second-order valence-electron chi connectivity index (χ2n) is 6.55. The summed E-state index contributed by atoms with van der Waals surface area (Å²) < 4.78 is 83.7. The van der Waals surface area contributed by atoms with Gasteiger partial charge in [-0.05, 0) is 35.4 Å². The molecule has 8 nitrogen and oxygen atoms in total. The second-order valence-corrected chi connectivity index (χ2v) is 8.11. The largest absolute Gasteiger partial charge is 0.494 e. The first-order chi connectivity index (χ1) is 14.8. The highest BCUT2D eigenvalue weighted by Crippen LogP contribution is 2.40. The van der Waals surface area contributed by atoms with Gasteiger partial charge in [0.25, 0.3) is 0 Å². The summed E-state index contributed by atoms with van der Waals surface area (Å²) >= 11 is 0. The van der Waals surface area contributed by atoms with Crippen LogP contribution in [0.25, 0.3) is 11.1 Å². The molecule has 13 heteroatoms. The van der Waals surface area contributed by atoms with E-state index in [0.717, 1.165) is 42.6 Å². The molecular weight excluding hydrogens is 458 g/mol. The first-order valence-corrected chi connectivity index (χ1v) is 10.2. The Bertz CT molecular complexity index is 1270. The van der Waals surface area contributed by atoms with Crippen LogP contribution in [0.2, 0.25) is 0 Å². The van der Waals surface area contributed by atoms with Crippen molar-refractivity contribution >= 4 is 16.0 Å². The molecule has 0 bridgehead atoms. The molecule has 1 unspecified atom stereocenters. The molecule has 0 spiro atoms. The zero-order chi connectivity index (χ0) is 23.8. The van der Waals surface area contributed by atoms with Crippen LogP contribution in [0.3, 0.4) is 0 Å². The average Bonchev–Trinajstić information content (AvgIpc) is 3.12. The van der Waals surface area contributed by atoms with Gasteiger partial charge in [-0.15, -0.1) is 0 Å². The zero-order valence-electron chi connectivity index (χ0n) is 16.2. The number of sulfonamides is 1. The monoisotopic (exact) mass is 473 g/mol. The molecule has 0 aliphatic heterocycles. The van der Waals surface area contributed by atoms with Gasteiger partial charge in [0.2, 0.25) is 10.0 Å². The molecule has 32 heavy (non-hydrogen) atoms. The van der Waals surface area contributed by atoms with Crippen LogP contribution in [-0.2, 0) is 21.0 Å². The van der Waals surface area contributed by atoms with Gasteiger partial charge in [-0.1, -0.05) is 18.2 Å². The van der Waals surface area contributed by atoms with Gasteiger partial charge in [0.05, 0.1) is 18.2 Å². The topological polar surface area (TPSA) is 125 Å². The maximum absolute atomic E-state index is 14.1. The van der Waals surface area contributed by atoms with Gasteiger partial charge in [-0.25, -0.2) is 27.4 Å². The van der Waals surface area contributed by atoms with Crippen LogP contribution in [0, 0.1) is 5.82 Å². The van der Waals surface area contributed by atoms with Crippen LogP contribution < -0.4 is 9.88 Å². The average molecular weight is 473 g/mol. The lowest BCUT2D eigenvalue weighted by Crippen LogP contribution is -2.26. The van der Waals surface area contributed by atoms with E-state index in [4.69, 9.17) is 9.88 Å². The smallest absolute Gasteiger partial charge is 0.433 e. The fraction of sp³-hybridized carbons (Fsp3) is 0.158. The summed E-state index contributed by atoms with van der Waals surface area (Å²) in [5.74, 6) is -2.79. The number of halogens is 4. The van der Waals surface area contributed by atoms with Gasteiger partial charge in [0.15, 0.2) is 23.3 Å². The maximum atomic E-state index is 14.1. The van der Waals surface area contributed by atoms with Gasteiger partial charge in [-0.3, -0.25) is 0 Å². The van der Waals surface area contributed by atoms with E-state index in [-0.39, 0.29) is 26.5 Å². The molecule has 0 radical (unpaired) electrons. The lowest BCUT2D eigenvalue weighted by atomic mass is 10.0. The van der Waals surface area contributed by atoms with Crippen molar-refractivity contribution in [1.82, 2.24) is 9.78 Å². The van der Waals surface area contributed by atoms with Gasteiger partial charge < -0.3 is 9.84 Å². The SMILES string of the molecule is COc1ccc(-c2cnn(C(C(=O)O)c3ccc(S(N)(=O)=O)cc3)c2C(F)(F)F)cc1F. The Morgan fingerprint density at radius 1 is 1.19 bits per heavy atom. The summed E-state index contributed by atoms with van der Waals surface area (Å²) in [5, 5.41) is 18.2. The van der Waals surface area contributed by atoms with Crippen LogP contribution in [0.4, 0.5) is 17.6 Å². The Morgan fingerprint density at radius 3 is 2.28 bits per heavy atom. The molecule has 1 heterocycles. The molecule has 0 aliphatic carbocycles. The Kier molecular flexibility index (Phi) is 5.98. The summed E-state index contributed by atoms with van der Waals surface area (Å²) in [4.78, 5) is 11.5. The van der Waals surface area contributed by atoms with E-state index in [1.54, 1.807) is 0 Å². The number of nitrogens with zero attached hydrogens (tertiary/aromatic N) is 2. The highest BCUT2D eigenvalue weighted by Gasteiger charge is 2.42. The Hall–Kier alpha value is -3.45. The fourth-order valence-corrected chi connectivity index (χ4v) is 3.63. The van der Waals surface area contributed by atoms with Crippen molar-refractivity contribution in [3.05, 3.63) is 65.7 Å². The van der Waals surface area contributed by atoms with Crippen molar-refractivity contribution in [3.63, 3.8) is 0 Å². The molecule has 0 aliphatic rings. The fourth-order valence-electron chi connectivity index (χ4n) is 3.11. The third-order valence-electron chi connectivity index (χ3n) is 4.53. The molecule has 170 valence electrons. The van der Waals surface area contributed by atoms with Crippen LogP contribution in [-0.4, -0.2) is 36.4 Å². The summed E-state index contributed by atoms with van der Waals surface area (Å²) in [6, 6.07) is 5.14. The van der Waals surface area contributed by atoms with E-state index >= 15 is 0 Å². The molecule has 3 aromatic rings. The second kappa shape index (κ2) is 8.24. The van der Waals surface area contributed by atoms with Crippen molar-refractivity contribution < 1.29 is 40.6 Å². The molecule has 2 aromatic carbocycles. The highest BCUT2D eigenvalue weighted by atomic mass is 32.2. The third-order valence-corrected chi connectivity index (χ3v) is 5.46. The number of carboxylic acid groups (broad SMARTS) is 1. The Labute approximate surface area is 178 Å². The van der Waals surface area contributed by atoms with Gasteiger partial charge in [0, 0.05) is 5.56 Å². The molecule has 3 rings (SSSR count). The molecular formula is C19H15F4N3O5S. The van der Waals surface area contributed by atoms with Crippen LogP contribution >= 0.6 is 0 Å². The quantitative estimate of drug-likeness (QED) is 0.531. The van der Waals surface area contributed by atoms with E-state index in [9.17, 15) is 35.9 Å². The van der Waals surface area contributed by atoms with E-state index in [2.05, 4.69) is 5.10 Å². The standard InChI is InChI=1S/C19H15F4N3O5S/c1-31-15-7-4-11(8-14(15)20)13-9-25-26(17(13)19(21,22)23)16(18(27)28)10-2-5-12(6-3-10)32(24,29)30/h2-9,16H,1H3,(H,27,28)(H2,24,29,30). The first kappa shape index (κ1) is 23.2. The number of rotatable bonds is 6.